The second kappa shape index (κ2) is 7.26. The van der Waals surface area contributed by atoms with Crippen molar-refractivity contribution in [3.8, 4) is 5.75 Å². The zero-order valence-electron chi connectivity index (χ0n) is 14.4. The van der Waals surface area contributed by atoms with Gasteiger partial charge in [-0.3, -0.25) is 4.79 Å². The van der Waals surface area contributed by atoms with Crippen LogP contribution >= 0.6 is 0 Å². The van der Waals surface area contributed by atoms with Crippen molar-refractivity contribution in [1.82, 2.24) is 0 Å². The molecule has 0 bridgehead atoms. The molecular weight excluding hydrogens is 336 g/mol. The van der Waals surface area contributed by atoms with Crippen LogP contribution in [0.2, 0.25) is 0 Å². The highest BCUT2D eigenvalue weighted by Crippen LogP contribution is 2.32. The lowest BCUT2D eigenvalue weighted by Crippen LogP contribution is -2.41. The van der Waals surface area contributed by atoms with E-state index in [1.54, 1.807) is 35.2 Å². The number of amides is 1. The average Bonchev–Trinajstić information content (AvgIpc) is 2.60. The number of para-hydroxylation sites is 1. The summed E-state index contributed by atoms with van der Waals surface area (Å²) in [5, 5.41) is 2.70. The molecule has 1 heterocycles. The van der Waals surface area contributed by atoms with Crippen molar-refractivity contribution in [2.75, 3.05) is 30.4 Å². The van der Waals surface area contributed by atoms with Gasteiger partial charge in [0.2, 0.25) is 5.91 Å². The fourth-order valence-electron chi connectivity index (χ4n) is 2.74. The fraction of sp³-hybridized carbons (Fsp3) is 0.211. The number of nitrogens with one attached hydrogen (secondary N) is 1. The van der Waals surface area contributed by atoms with Gasteiger partial charge in [0.1, 0.15) is 6.54 Å². The number of aryl methyl sites for hydroxylation is 1. The second-order valence-electron chi connectivity index (χ2n) is 5.89. The van der Waals surface area contributed by atoms with Crippen molar-refractivity contribution in [1.29, 1.82) is 0 Å². The summed E-state index contributed by atoms with van der Waals surface area (Å²) in [5.74, 6) is -0.888. The van der Waals surface area contributed by atoms with E-state index in [2.05, 4.69) is 5.32 Å². The van der Waals surface area contributed by atoms with Gasteiger partial charge in [-0.05, 0) is 36.8 Å². The standard InChI is InChI=1S/C19H18N2O5/c1-12-7-8-15-16(9-12)26-18(23)11-21(15)10-17(22)20-14-6-4-3-5-13(14)19(24)25-2/h3-9H,10-11H2,1-2H3,(H,20,22). The molecule has 1 aliphatic heterocycles. The van der Waals surface area contributed by atoms with Crippen LogP contribution < -0.4 is 15.0 Å². The van der Waals surface area contributed by atoms with E-state index in [1.165, 1.54) is 7.11 Å². The van der Waals surface area contributed by atoms with Crippen LogP contribution in [0.1, 0.15) is 15.9 Å². The molecule has 7 nitrogen and oxygen atoms in total. The Kier molecular flexibility index (Phi) is 4.88. The first kappa shape index (κ1) is 17.5. The van der Waals surface area contributed by atoms with Crippen molar-refractivity contribution in [3.63, 3.8) is 0 Å². The lowest BCUT2D eigenvalue weighted by molar-refractivity contribution is -0.133. The van der Waals surface area contributed by atoms with Crippen LogP contribution in [0.15, 0.2) is 42.5 Å². The number of fused-ring (bicyclic) bond motifs is 1. The van der Waals surface area contributed by atoms with Gasteiger partial charge in [0.25, 0.3) is 0 Å². The number of benzene rings is 2. The number of anilines is 2. The molecule has 7 heteroatoms. The van der Waals surface area contributed by atoms with Gasteiger partial charge in [-0.15, -0.1) is 0 Å². The Balaban J connectivity index is 1.78. The highest BCUT2D eigenvalue weighted by Gasteiger charge is 2.26. The molecule has 0 saturated heterocycles. The number of hydrogen-bond acceptors (Lipinski definition) is 6. The van der Waals surface area contributed by atoms with E-state index in [4.69, 9.17) is 9.47 Å². The summed E-state index contributed by atoms with van der Waals surface area (Å²) in [6.07, 6.45) is 0. The molecule has 0 aromatic heterocycles. The fourth-order valence-corrected chi connectivity index (χ4v) is 2.74. The maximum absolute atomic E-state index is 12.5. The number of hydrogen-bond donors (Lipinski definition) is 1. The van der Waals surface area contributed by atoms with Gasteiger partial charge in [-0.1, -0.05) is 18.2 Å². The summed E-state index contributed by atoms with van der Waals surface area (Å²) < 4.78 is 9.95. The van der Waals surface area contributed by atoms with Crippen LogP contribution in [0.25, 0.3) is 0 Å². The average molecular weight is 354 g/mol. The molecule has 26 heavy (non-hydrogen) atoms. The van der Waals surface area contributed by atoms with Gasteiger partial charge in [0.05, 0.1) is 30.6 Å². The number of esters is 2. The van der Waals surface area contributed by atoms with Crippen molar-refractivity contribution >= 4 is 29.2 Å². The van der Waals surface area contributed by atoms with E-state index in [1.807, 2.05) is 19.1 Å². The van der Waals surface area contributed by atoms with E-state index in [0.717, 1.165) is 5.56 Å². The number of ether oxygens (including phenoxy) is 2. The highest BCUT2D eigenvalue weighted by molar-refractivity contribution is 6.03. The van der Waals surface area contributed by atoms with Crippen molar-refractivity contribution in [2.45, 2.75) is 6.92 Å². The minimum absolute atomic E-state index is 0.0257. The number of rotatable bonds is 4. The van der Waals surface area contributed by atoms with E-state index < -0.39 is 11.9 Å². The van der Waals surface area contributed by atoms with Gasteiger partial charge in [0, 0.05) is 0 Å². The summed E-state index contributed by atoms with van der Waals surface area (Å²) in [5.41, 5.74) is 2.24. The number of carbonyl (C=O) groups is 3. The molecule has 2 aromatic rings. The smallest absolute Gasteiger partial charge is 0.339 e. The summed E-state index contributed by atoms with van der Waals surface area (Å²) in [6.45, 7) is 1.81. The normalized spacial score (nSPS) is 12.8. The Morgan fingerprint density at radius 1 is 1.23 bits per heavy atom. The van der Waals surface area contributed by atoms with Gasteiger partial charge in [-0.25, -0.2) is 9.59 Å². The predicted octanol–water partition coefficient (Wildman–Crippen LogP) is 2.15. The van der Waals surface area contributed by atoms with Crippen molar-refractivity contribution < 1.29 is 23.9 Å². The number of methoxy groups -OCH3 is 1. The highest BCUT2D eigenvalue weighted by atomic mass is 16.5. The largest absolute Gasteiger partial charge is 0.465 e. The molecular formula is C19H18N2O5. The number of carbonyl (C=O) groups excluding carboxylic acids is 3. The van der Waals surface area contributed by atoms with Crippen LogP contribution in [0.3, 0.4) is 0 Å². The first-order valence-electron chi connectivity index (χ1n) is 8.01. The summed E-state index contributed by atoms with van der Waals surface area (Å²) in [7, 11) is 1.28. The molecule has 1 amide bonds. The molecule has 1 aliphatic rings. The summed E-state index contributed by atoms with van der Waals surface area (Å²) >= 11 is 0. The third kappa shape index (κ3) is 3.66. The monoisotopic (exact) mass is 354 g/mol. The maximum Gasteiger partial charge on any atom is 0.339 e. The van der Waals surface area contributed by atoms with Crippen LogP contribution in [0, 0.1) is 6.92 Å². The van der Waals surface area contributed by atoms with Gasteiger partial charge in [0.15, 0.2) is 5.75 Å². The van der Waals surface area contributed by atoms with Gasteiger partial charge >= 0.3 is 11.9 Å². The molecule has 0 atom stereocenters. The molecule has 1 N–H and O–H groups in total. The first-order chi connectivity index (χ1) is 12.5. The van der Waals surface area contributed by atoms with Crippen molar-refractivity contribution in [2.24, 2.45) is 0 Å². The van der Waals surface area contributed by atoms with Crippen LogP contribution in [-0.2, 0) is 14.3 Å². The molecule has 0 aliphatic carbocycles. The third-order valence-corrected chi connectivity index (χ3v) is 3.94. The third-order valence-electron chi connectivity index (χ3n) is 3.94. The lowest BCUT2D eigenvalue weighted by atomic mass is 10.1. The van der Waals surface area contributed by atoms with Crippen molar-refractivity contribution in [3.05, 3.63) is 53.6 Å². The Bertz CT molecular complexity index is 878. The molecule has 0 unspecified atom stereocenters. The summed E-state index contributed by atoms with van der Waals surface area (Å²) in [6, 6.07) is 12.0. The van der Waals surface area contributed by atoms with E-state index in [0.29, 0.717) is 17.1 Å². The first-order valence-corrected chi connectivity index (χ1v) is 8.01. The van der Waals surface area contributed by atoms with E-state index >= 15 is 0 Å². The maximum atomic E-state index is 12.5. The van der Waals surface area contributed by atoms with Crippen LogP contribution in [0.4, 0.5) is 11.4 Å². The Morgan fingerprint density at radius 3 is 2.77 bits per heavy atom. The second-order valence-corrected chi connectivity index (χ2v) is 5.89. The molecule has 2 aromatic carbocycles. The zero-order valence-corrected chi connectivity index (χ0v) is 14.4. The zero-order chi connectivity index (χ0) is 18.7. The molecule has 0 saturated carbocycles. The van der Waals surface area contributed by atoms with Crippen LogP contribution in [0.5, 0.6) is 5.75 Å². The molecule has 0 spiro atoms. The minimum Gasteiger partial charge on any atom is -0.465 e. The summed E-state index contributed by atoms with van der Waals surface area (Å²) in [4.78, 5) is 37.7. The lowest BCUT2D eigenvalue weighted by Gasteiger charge is -2.29. The molecule has 134 valence electrons. The van der Waals surface area contributed by atoms with E-state index in [9.17, 15) is 14.4 Å². The SMILES string of the molecule is COC(=O)c1ccccc1NC(=O)CN1CC(=O)Oc2cc(C)ccc21. The Morgan fingerprint density at radius 2 is 2.00 bits per heavy atom. The number of nitrogens with zero attached hydrogens (tertiary/aromatic N) is 1. The minimum atomic E-state index is -0.539. The van der Waals surface area contributed by atoms with Crippen LogP contribution in [-0.4, -0.2) is 38.0 Å². The quantitative estimate of drug-likeness (QED) is 0.669. The topological polar surface area (TPSA) is 84.9 Å². The van der Waals surface area contributed by atoms with Gasteiger partial charge in [-0.2, -0.15) is 0 Å². The van der Waals surface area contributed by atoms with Gasteiger partial charge < -0.3 is 19.7 Å². The molecule has 0 fully saturated rings. The predicted molar refractivity (Wildman–Crippen MR) is 95.4 cm³/mol. The Hall–Kier alpha value is -3.35. The molecule has 0 radical (unpaired) electrons. The molecule has 3 rings (SSSR count). The van der Waals surface area contributed by atoms with E-state index in [-0.39, 0.29) is 24.6 Å². The Labute approximate surface area is 150 Å².